The summed E-state index contributed by atoms with van der Waals surface area (Å²) in [7, 11) is 0. The lowest BCUT2D eigenvalue weighted by Crippen LogP contribution is -2.03. The molecule has 0 atom stereocenters. The molecule has 0 amide bonds. The maximum Gasteiger partial charge on any atom is 0.142 e. The quantitative estimate of drug-likeness (QED) is 0.820. The van der Waals surface area contributed by atoms with Crippen LogP contribution in [0.3, 0.4) is 0 Å². The van der Waals surface area contributed by atoms with Crippen LogP contribution in [0.15, 0.2) is 42.5 Å². The first-order valence-corrected chi connectivity index (χ1v) is 7.22. The highest BCUT2D eigenvalue weighted by atomic mass is 16.5. The summed E-state index contributed by atoms with van der Waals surface area (Å²) in [4.78, 5) is 0. The SMILES string of the molecule is CCCOc1cc(C)ccc1NCc1ccc(C)cc1. The van der Waals surface area contributed by atoms with E-state index in [0.29, 0.717) is 0 Å². The Hall–Kier alpha value is -1.96. The summed E-state index contributed by atoms with van der Waals surface area (Å²) in [5, 5.41) is 3.46. The van der Waals surface area contributed by atoms with Crippen LogP contribution in [0.4, 0.5) is 5.69 Å². The summed E-state index contributed by atoms with van der Waals surface area (Å²) < 4.78 is 5.81. The van der Waals surface area contributed by atoms with Gasteiger partial charge in [-0.25, -0.2) is 0 Å². The van der Waals surface area contributed by atoms with Crippen molar-refractivity contribution in [2.75, 3.05) is 11.9 Å². The third-order valence-electron chi connectivity index (χ3n) is 3.20. The molecule has 106 valence electrons. The van der Waals surface area contributed by atoms with E-state index in [-0.39, 0.29) is 0 Å². The number of benzene rings is 2. The number of aryl methyl sites for hydroxylation is 2. The van der Waals surface area contributed by atoms with E-state index < -0.39 is 0 Å². The fourth-order valence-electron chi connectivity index (χ4n) is 2.01. The van der Waals surface area contributed by atoms with Crippen LogP contribution < -0.4 is 10.1 Å². The summed E-state index contributed by atoms with van der Waals surface area (Å²) in [5.74, 6) is 0.943. The fraction of sp³-hybridized carbons (Fsp3) is 0.333. The van der Waals surface area contributed by atoms with Crippen LogP contribution in [0.5, 0.6) is 5.75 Å². The standard InChI is InChI=1S/C18H23NO/c1-4-11-20-18-12-15(3)7-10-17(18)19-13-16-8-5-14(2)6-9-16/h5-10,12,19H,4,11,13H2,1-3H3. The van der Waals surface area contributed by atoms with Crippen LogP contribution in [0.1, 0.15) is 30.0 Å². The number of nitrogens with one attached hydrogen (secondary N) is 1. The Morgan fingerprint density at radius 1 is 0.950 bits per heavy atom. The third kappa shape index (κ3) is 4.02. The van der Waals surface area contributed by atoms with Crippen molar-refractivity contribution in [1.82, 2.24) is 0 Å². The summed E-state index contributed by atoms with van der Waals surface area (Å²) in [6.45, 7) is 7.88. The number of anilines is 1. The van der Waals surface area contributed by atoms with Crippen molar-refractivity contribution in [3.63, 3.8) is 0 Å². The molecular formula is C18H23NO. The zero-order chi connectivity index (χ0) is 14.4. The van der Waals surface area contributed by atoms with Crippen molar-refractivity contribution < 1.29 is 4.74 Å². The second-order valence-corrected chi connectivity index (χ2v) is 5.19. The average Bonchev–Trinajstić information content (AvgIpc) is 2.46. The predicted octanol–water partition coefficient (Wildman–Crippen LogP) is 4.70. The summed E-state index contributed by atoms with van der Waals surface area (Å²) in [6, 6.07) is 14.9. The smallest absolute Gasteiger partial charge is 0.142 e. The second kappa shape index (κ2) is 6.99. The Labute approximate surface area is 121 Å². The van der Waals surface area contributed by atoms with Gasteiger partial charge >= 0.3 is 0 Å². The largest absolute Gasteiger partial charge is 0.491 e. The summed E-state index contributed by atoms with van der Waals surface area (Å²) >= 11 is 0. The minimum Gasteiger partial charge on any atom is -0.491 e. The zero-order valence-electron chi connectivity index (χ0n) is 12.6. The van der Waals surface area contributed by atoms with Crippen LogP contribution >= 0.6 is 0 Å². The molecule has 2 aromatic carbocycles. The van der Waals surface area contributed by atoms with Gasteiger partial charge in [0.05, 0.1) is 12.3 Å². The molecule has 0 spiro atoms. The van der Waals surface area contributed by atoms with Crippen molar-refractivity contribution in [1.29, 1.82) is 0 Å². The van der Waals surface area contributed by atoms with Crippen molar-refractivity contribution in [2.24, 2.45) is 0 Å². The molecule has 1 N–H and O–H groups in total. The number of hydrogen-bond acceptors (Lipinski definition) is 2. The lowest BCUT2D eigenvalue weighted by atomic mass is 10.1. The Morgan fingerprint density at radius 2 is 1.65 bits per heavy atom. The Balaban J connectivity index is 2.06. The molecule has 2 aromatic rings. The van der Waals surface area contributed by atoms with Crippen molar-refractivity contribution in [3.8, 4) is 5.75 Å². The fourth-order valence-corrected chi connectivity index (χ4v) is 2.01. The molecule has 0 bridgehead atoms. The van der Waals surface area contributed by atoms with Gasteiger partial charge in [0.25, 0.3) is 0 Å². The first-order valence-electron chi connectivity index (χ1n) is 7.22. The Morgan fingerprint density at radius 3 is 2.35 bits per heavy atom. The van der Waals surface area contributed by atoms with E-state index in [2.05, 4.69) is 68.6 Å². The highest BCUT2D eigenvalue weighted by Crippen LogP contribution is 2.26. The second-order valence-electron chi connectivity index (χ2n) is 5.19. The molecule has 0 unspecified atom stereocenters. The maximum absolute atomic E-state index is 5.81. The van der Waals surface area contributed by atoms with E-state index in [1.54, 1.807) is 0 Å². The lowest BCUT2D eigenvalue weighted by Gasteiger charge is -2.14. The first-order chi connectivity index (χ1) is 9.69. The zero-order valence-corrected chi connectivity index (χ0v) is 12.6. The highest BCUT2D eigenvalue weighted by Gasteiger charge is 2.04. The van der Waals surface area contributed by atoms with Crippen molar-refractivity contribution in [3.05, 3.63) is 59.2 Å². The van der Waals surface area contributed by atoms with Gasteiger partial charge < -0.3 is 10.1 Å². The predicted molar refractivity (Wildman–Crippen MR) is 85.5 cm³/mol. The van der Waals surface area contributed by atoms with Gasteiger partial charge in [-0.2, -0.15) is 0 Å². The van der Waals surface area contributed by atoms with E-state index >= 15 is 0 Å². The number of rotatable bonds is 6. The molecule has 0 fully saturated rings. The van der Waals surface area contributed by atoms with Gasteiger partial charge in [0, 0.05) is 6.54 Å². The molecule has 0 saturated carbocycles. The minimum absolute atomic E-state index is 0.753. The Kier molecular flexibility index (Phi) is 5.05. The molecule has 2 heteroatoms. The molecular weight excluding hydrogens is 246 g/mol. The van der Waals surface area contributed by atoms with E-state index in [1.165, 1.54) is 16.7 Å². The highest BCUT2D eigenvalue weighted by molar-refractivity contribution is 5.57. The van der Waals surface area contributed by atoms with Crippen LogP contribution in [0.2, 0.25) is 0 Å². The molecule has 20 heavy (non-hydrogen) atoms. The Bertz CT molecular complexity index is 546. The normalized spacial score (nSPS) is 10.3. The van der Waals surface area contributed by atoms with Crippen LogP contribution in [0, 0.1) is 13.8 Å². The molecule has 0 radical (unpaired) electrons. The van der Waals surface area contributed by atoms with E-state index in [4.69, 9.17) is 4.74 Å². The molecule has 0 heterocycles. The van der Waals surface area contributed by atoms with Gasteiger partial charge in [-0.3, -0.25) is 0 Å². The van der Waals surface area contributed by atoms with Gasteiger partial charge in [0.1, 0.15) is 5.75 Å². The van der Waals surface area contributed by atoms with Crippen LogP contribution in [-0.4, -0.2) is 6.61 Å². The summed E-state index contributed by atoms with van der Waals surface area (Å²) in [6.07, 6.45) is 1.02. The molecule has 0 aliphatic heterocycles. The van der Waals surface area contributed by atoms with Gasteiger partial charge in [-0.15, -0.1) is 0 Å². The molecule has 2 rings (SSSR count). The monoisotopic (exact) mass is 269 g/mol. The molecule has 0 aromatic heterocycles. The van der Waals surface area contributed by atoms with Crippen LogP contribution in [-0.2, 0) is 6.54 Å². The molecule has 2 nitrogen and oxygen atoms in total. The van der Waals surface area contributed by atoms with Gasteiger partial charge in [-0.05, 0) is 43.5 Å². The lowest BCUT2D eigenvalue weighted by molar-refractivity contribution is 0.318. The molecule has 0 aliphatic carbocycles. The number of ether oxygens (including phenoxy) is 1. The topological polar surface area (TPSA) is 21.3 Å². The number of hydrogen-bond donors (Lipinski definition) is 1. The van der Waals surface area contributed by atoms with Gasteiger partial charge in [0.2, 0.25) is 0 Å². The van der Waals surface area contributed by atoms with Gasteiger partial charge in [0.15, 0.2) is 0 Å². The molecule has 0 aliphatic rings. The first kappa shape index (κ1) is 14.4. The maximum atomic E-state index is 5.81. The average molecular weight is 269 g/mol. The van der Waals surface area contributed by atoms with Gasteiger partial charge in [-0.1, -0.05) is 42.8 Å². The van der Waals surface area contributed by atoms with E-state index in [0.717, 1.165) is 31.0 Å². The van der Waals surface area contributed by atoms with E-state index in [9.17, 15) is 0 Å². The molecule has 0 saturated heterocycles. The third-order valence-corrected chi connectivity index (χ3v) is 3.20. The minimum atomic E-state index is 0.753. The summed E-state index contributed by atoms with van der Waals surface area (Å²) in [5.41, 5.74) is 4.84. The van der Waals surface area contributed by atoms with Crippen molar-refractivity contribution >= 4 is 5.69 Å². The van der Waals surface area contributed by atoms with Crippen molar-refractivity contribution in [2.45, 2.75) is 33.7 Å². The van der Waals surface area contributed by atoms with E-state index in [1.807, 2.05) is 0 Å². The van der Waals surface area contributed by atoms with Crippen LogP contribution in [0.25, 0.3) is 0 Å².